The van der Waals surface area contributed by atoms with Crippen molar-refractivity contribution in [3.8, 4) is 0 Å². The van der Waals surface area contributed by atoms with Crippen LogP contribution in [0.3, 0.4) is 0 Å². The van der Waals surface area contributed by atoms with Crippen molar-refractivity contribution in [2.75, 3.05) is 66.4 Å². The minimum absolute atomic E-state index is 0.241. The average molecular weight is 377 g/mol. The van der Waals surface area contributed by atoms with Crippen molar-refractivity contribution < 1.29 is 34.9 Å². The summed E-state index contributed by atoms with van der Waals surface area (Å²) in [6, 6.07) is 0. The van der Waals surface area contributed by atoms with E-state index in [9.17, 15) is 25.9 Å². The van der Waals surface area contributed by atoms with Gasteiger partial charge in [-0.15, -0.1) is 0 Å². The molecule has 0 aromatic carbocycles. The molecule has 0 rings (SSSR count). The maximum absolute atomic E-state index is 10.2. The minimum atomic E-state index is -4.01. The molecule has 0 aliphatic heterocycles. The van der Waals surface area contributed by atoms with Gasteiger partial charge in [-0.25, -0.2) is 16.8 Å². The summed E-state index contributed by atoms with van der Waals surface area (Å²) < 4.78 is 62.6. The highest BCUT2D eigenvalue weighted by atomic mass is 32.2. The van der Waals surface area contributed by atoms with E-state index >= 15 is 0 Å². The van der Waals surface area contributed by atoms with E-state index < -0.39 is 20.2 Å². The molecule has 0 unspecified atom stereocenters. The fourth-order valence-corrected chi connectivity index (χ4v) is 2.51. The molecule has 0 amide bonds. The zero-order chi connectivity index (χ0) is 18.9. The van der Waals surface area contributed by atoms with Crippen molar-refractivity contribution in [2.45, 2.75) is 19.8 Å². The van der Waals surface area contributed by atoms with Crippen LogP contribution in [0, 0.1) is 0 Å². The Morgan fingerprint density at radius 2 is 1.09 bits per heavy atom. The zero-order valence-corrected chi connectivity index (χ0v) is 16.7. The topological polar surface area (TPSA) is 114 Å². The third-order valence-corrected chi connectivity index (χ3v) is 4.81. The highest BCUT2D eigenvalue weighted by molar-refractivity contribution is 7.85. The molecule has 0 radical (unpaired) electrons. The first-order valence-electron chi connectivity index (χ1n) is 7.47. The van der Waals surface area contributed by atoms with Gasteiger partial charge in [0.05, 0.1) is 75.1 Å². The minimum Gasteiger partial charge on any atom is -0.748 e. The smallest absolute Gasteiger partial charge is 0.0948 e. The van der Waals surface area contributed by atoms with E-state index in [0.717, 1.165) is 17.6 Å². The molecule has 0 saturated carbocycles. The molecule has 0 bridgehead atoms. The third kappa shape index (κ3) is 24.1. The summed E-state index contributed by atoms with van der Waals surface area (Å²) in [7, 11) is 1.87. The van der Waals surface area contributed by atoms with Crippen LogP contribution in [0.5, 0.6) is 0 Å². The van der Waals surface area contributed by atoms with Crippen molar-refractivity contribution in [3.05, 3.63) is 0 Å². The van der Waals surface area contributed by atoms with Crippen LogP contribution in [0.25, 0.3) is 0 Å². The normalized spacial score (nSPS) is 13.4. The quantitative estimate of drug-likeness (QED) is 0.401. The van der Waals surface area contributed by atoms with Crippen LogP contribution in [0.15, 0.2) is 0 Å². The number of hydrogen-bond acceptors (Lipinski definition) is 6. The number of nitrogens with zero attached hydrogens (tertiary/aromatic N) is 2. The lowest BCUT2D eigenvalue weighted by molar-refractivity contribution is -0.888. The van der Waals surface area contributed by atoms with Crippen LogP contribution >= 0.6 is 0 Å². The van der Waals surface area contributed by atoms with Gasteiger partial charge in [0.2, 0.25) is 0 Å². The molecule has 0 atom stereocenters. The molecule has 0 fully saturated rings. The van der Waals surface area contributed by atoms with Crippen molar-refractivity contribution in [3.63, 3.8) is 0 Å². The van der Waals surface area contributed by atoms with Crippen LogP contribution in [-0.4, -0.2) is 101 Å². The highest BCUT2D eigenvalue weighted by Gasteiger charge is 2.11. The summed E-state index contributed by atoms with van der Waals surface area (Å²) in [4.78, 5) is 0. The molecule has 0 spiro atoms. The van der Waals surface area contributed by atoms with Crippen LogP contribution in [0.4, 0.5) is 0 Å². The predicted molar refractivity (Wildman–Crippen MR) is 88.8 cm³/mol. The van der Waals surface area contributed by atoms with Crippen LogP contribution in [0.1, 0.15) is 19.8 Å². The van der Waals surface area contributed by atoms with Gasteiger partial charge >= 0.3 is 0 Å². The second-order valence-electron chi connectivity index (χ2n) is 7.22. The Morgan fingerprint density at radius 1 is 0.739 bits per heavy atom. The Bertz CT molecular complexity index is 521. The first-order chi connectivity index (χ1) is 9.97. The maximum atomic E-state index is 10.2. The van der Waals surface area contributed by atoms with Gasteiger partial charge < -0.3 is 18.1 Å². The van der Waals surface area contributed by atoms with E-state index in [0.29, 0.717) is 23.9 Å². The van der Waals surface area contributed by atoms with Gasteiger partial charge in [0.15, 0.2) is 0 Å². The first kappa shape index (κ1) is 25.0. The molecule has 23 heavy (non-hydrogen) atoms. The van der Waals surface area contributed by atoms with Crippen LogP contribution in [0.2, 0.25) is 0 Å². The fraction of sp³-hybridized carbons (Fsp3) is 1.00. The predicted octanol–water partition coefficient (Wildman–Crippen LogP) is -0.354. The Labute approximate surface area is 141 Å². The molecule has 0 aromatic rings. The molecule has 0 N–H and O–H groups in total. The lowest BCUT2D eigenvalue weighted by atomic mass is 10.4. The van der Waals surface area contributed by atoms with Crippen LogP contribution in [-0.2, 0) is 20.2 Å². The second-order valence-corrected chi connectivity index (χ2v) is 10.3. The lowest BCUT2D eigenvalue weighted by Gasteiger charge is -2.28. The third-order valence-electron chi connectivity index (χ3n) is 3.24. The number of rotatable bonds is 9. The molecular weight excluding hydrogens is 344 g/mol. The van der Waals surface area contributed by atoms with Crippen LogP contribution < -0.4 is 0 Å². The fourth-order valence-electron chi connectivity index (χ4n) is 1.54. The Morgan fingerprint density at radius 3 is 1.35 bits per heavy atom. The number of hydrogen-bond donors (Lipinski definition) is 0. The standard InChI is InChI=1S/C7H17NO3S.C6H15NO3S/c1-4-8(2,3)6-5-7-12(9,10)11;1-7(2,3)5-4-6-11(8,9)10/h4-7H2,1-3H3;4-6H2,1-3H3. The summed E-state index contributed by atoms with van der Waals surface area (Å²) in [5.74, 6) is -0.489. The Hall–Kier alpha value is -0.260. The maximum Gasteiger partial charge on any atom is 0.0948 e. The molecule has 0 aromatic heterocycles. The van der Waals surface area contributed by atoms with Gasteiger partial charge in [-0.05, 0) is 6.92 Å². The van der Waals surface area contributed by atoms with E-state index in [-0.39, 0.29) is 11.5 Å². The second kappa shape index (κ2) is 9.90. The summed E-state index contributed by atoms with van der Waals surface area (Å²) in [6.45, 7) is 4.42. The molecule has 142 valence electrons. The van der Waals surface area contributed by atoms with E-state index in [1.807, 2.05) is 42.2 Å². The lowest BCUT2D eigenvalue weighted by Crippen LogP contribution is -2.40. The molecule has 8 nitrogen and oxygen atoms in total. The Balaban J connectivity index is 0. The molecule has 0 saturated heterocycles. The highest BCUT2D eigenvalue weighted by Crippen LogP contribution is 1.99. The molecule has 10 heteroatoms. The summed E-state index contributed by atoms with van der Waals surface area (Å²) in [6.07, 6.45) is 0.891. The van der Waals surface area contributed by atoms with Gasteiger partial charge in [-0.2, -0.15) is 0 Å². The monoisotopic (exact) mass is 376 g/mol. The molecule has 0 aliphatic rings. The zero-order valence-electron chi connectivity index (χ0n) is 15.1. The van der Waals surface area contributed by atoms with Gasteiger partial charge in [-0.1, -0.05) is 0 Å². The summed E-state index contributed by atoms with van der Waals surface area (Å²) in [5.41, 5.74) is 0. The van der Waals surface area contributed by atoms with Gasteiger partial charge in [0, 0.05) is 24.3 Å². The first-order valence-corrected chi connectivity index (χ1v) is 10.6. The van der Waals surface area contributed by atoms with E-state index in [2.05, 4.69) is 0 Å². The molecule has 0 aliphatic carbocycles. The number of quaternary nitrogens is 2. The Kier molecular flexibility index (Phi) is 10.8. The van der Waals surface area contributed by atoms with Crippen molar-refractivity contribution in [1.82, 2.24) is 0 Å². The SMILES string of the molecule is CC[N+](C)(C)CCCS(=O)(=O)[O-].C[N+](C)(C)CCCS(=O)(=O)[O-]. The molecule has 0 heterocycles. The van der Waals surface area contributed by atoms with E-state index in [4.69, 9.17) is 0 Å². The van der Waals surface area contributed by atoms with Crippen molar-refractivity contribution >= 4 is 20.2 Å². The van der Waals surface area contributed by atoms with E-state index in [1.54, 1.807) is 0 Å². The molecular formula is C13H32N2O6S2. The average Bonchev–Trinajstić information content (AvgIpc) is 2.24. The largest absolute Gasteiger partial charge is 0.748 e. The van der Waals surface area contributed by atoms with Gasteiger partial charge in [-0.3, -0.25) is 0 Å². The van der Waals surface area contributed by atoms with Crippen molar-refractivity contribution in [1.29, 1.82) is 0 Å². The van der Waals surface area contributed by atoms with Crippen molar-refractivity contribution in [2.24, 2.45) is 0 Å². The van der Waals surface area contributed by atoms with Gasteiger partial charge in [0.25, 0.3) is 0 Å². The van der Waals surface area contributed by atoms with E-state index in [1.165, 1.54) is 0 Å². The summed E-state index contributed by atoms with van der Waals surface area (Å²) in [5, 5.41) is 0. The van der Waals surface area contributed by atoms with Gasteiger partial charge in [0.1, 0.15) is 0 Å². The summed E-state index contributed by atoms with van der Waals surface area (Å²) >= 11 is 0.